The van der Waals surface area contributed by atoms with Crippen LogP contribution in [0.3, 0.4) is 0 Å². The molecule has 3 heteroatoms. The summed E-state index contributed by atoms with van der Waals surface area (Å²) < 4.78 is 0. The topological polar surface area (TPSA) is 35.5 Å². The van der Waals surface area contributed by atoms with Gasteiger partial charge in [0.15, 0.2) is 0 Å². The van der Waals surface area contributed by atoms with Crippen LogP contribution < -0.4 is 5.32 Å². The van der Waals surface area contributed by atoms with Gasteiger partial charge in [0.2, 0.25) is 0 Å². The molecule has 1 atom stereocenters. The lowest BCUT2D eigenvalue weighted by Crippen LogP contribution is -2.44. The fraction of sp³-hybridized carbons (Fsp3) is 0.857. The van der Waals surface area contributed by atoms with Gasteiger partial charge < -0.3 is 10.4 Å². The van der Waals surface area contributed by atoms with Gasteiger partial charge in [-0.05, 0) is 45.7 Å². The highest BCUT2D eigenvalue weighted by molar-refractivity contribution is 5.02. The molecule has 1 aliphatic rings. The number of nitrogens with one attached hydrogen (secondary N) is 1. The number of likely N-dealkylation sites (tertiary alicyclic amines) is 1. The fourth-order valence-corrected chi connectivity index (χ4v) is 2.21. The average Bonchev–Trinajstić information content (AvgIpc) is 2.26. The number of piperidine rings is 1. The zero-order valence-corrected chi connectivity index (χ0v) is 11.6. The smallest absolute Gasteiger partial charge is 0.0586 e. The lowest BCUT2D eigenvalue weighted by molar-refractivity contribution is 0.0980. The van der Waals surface area contributed by atoms with Gasteiger partial charge in [0.1, 0.15) is 0 Å². The summed E-state index contributed by atoms with van der Waals surface area (Å²) in [4.78, 5) is 2.37. The molecule has 0 aliphatic carbocycles. The summed E-state index contributed by atoms with van der Waals surface area (Å²) in [7, 11) is 0. The van der Waals surface area contributed by atoms with E-state index in [0.717, 1.165) is 26.1 Å². The quantitative estimate of drug-likeness (QED) is 0.719. The molecule has 1 fully saturated rings. The van der Waals surface area contributed by atoms with Crippen molar-refractivity contribution in [3.63, 3.8) is 0 Å². The van der Waals surface area contributed by atoms with Crippen LogP contribution in [-0.4, -0.2) is 47.8 Å². The number of nitrogens with zero attached hydrogens (tertiary/aromatic N) is 1. The highest BCUT2D eigenvalue weighted by atomic mass is 16.3. The number of aliphatic hydroxyl groups is 1. The first-order chi connectivity index (χ1) is 7.92. The molecular formula is C14H28N2O. The second kappa shape index (κ2) is 6.53. The third-order valence-corrected chi connectivity index (χ3v) is 3.26. The van der Waals surface area contributed by atoms with Crippen LogP contribution in [0.5, 0.6) is 0 Å². The summed E-state index contributed by atoms with van der Waals surface area (Å²) in [6, 6.07) is 0.343. The van der Waals surface area contributed by atoms with Crippen molar-refractivity contribution in [1.29, 1.82) is 0 Å². The fourth-order valence-electron chi connectivity index (χ4n) is 2.21. The maximum Gasteiger partial charge on any atom is 0.0586 e. The maximum atomic E-state index is 9.35. The Balaban J connectivity index is 2.33. The molecule has 1 heterocycles. The minimum atomic E-state index is 0.140. The Hall–Kier alpha value is -0.380. The van der Waals surface area contributed by atoms with Gasteiger partial charge >= 0.3 is 0 Å². The lowest BCUT2D eigenvalue weighted by atomic mass is 10.0. The monoisotopic (exact) mass is 240 g/mol. The van der Waals surface area contributed by atoms with Crippen molar-refractivity contribution in [2.24, 2.45) is 0 Å². The first-order valence-corrected chi connectivity index (χ1v) is 6.69. The molecule has 0 aromatic rings. The zero-order valence-electron chi connectivity index (χ0n) is 11.6. The number of hydrogen-bond donors (Lipinski definition) is 2. The number of hydrogen-bond acceptors (Lipinski definition) is 3. The highest BCUT2D eigenvalue weighted by Crippen LogP contribution is 2.17. The molecular weight excluding hydrogens is 212 g/mol. The van der Waals surface area contributed by atoms with Crippen LogP contribution in [0.1, 0.15) is 40.0 Å². The molecule has 1 rings (SSSR count). The molecule has 0 spiro atoms. The van der Waals surface area contributed by atoms with Crippen LogP contribution in [-0.2, 0) is 0 Å². The molecule has 1 aliphatic heterocycles. The highest BCUT2D eigenvalue weighted by Gasteiger charge is 2.22. The summed E-state index contributed by atoms with van der Waals surface area (Å²) in [6.45, 7) is 13.8. The Morgan fingerprint density at radius 3 is 2.71 bits per heavy atom. The zero-order chi connectivity index (χ0) is 12.9. The largest absolute Gasteiger partial charge is 0.395 e. The van der Waals surface area contributed by atoms with Crippen LogP contribution in [0.2, 0.25) is 0 Å². The van der Waals surface area contributed by atoms with Crippen molar-refractivity contribution in [3.8, 4) is 0 Å². The van der Waals surface area contributed by atoms with E-state index in [1.807, 2.05) is 0 Å². The number of aliphatic hydroxyl groups excluding tert-OH is 1. The van der Waals surface area contributed by atoms with Gasteiger partial charge in [0.05, 0.1) is 6.61 Å². The molecule has 1 unspecified atom stereocenters. The molecule has 100 valence electrons. The predicted octanol–water partition coefficient (Wildman–Crippen LogP) is 1.78. The van der Waals surface area contributed by atoms with Gasteiger partial charge in [-0.2, -0.15) is 0 Å². The van der Waals surface area contributed by atoms with Crippen LogP contribution in [0.15, 0.2) is 12.2 Å². The van der Waals surface area contributed by atoms with E-state index in [1.165, 1.54) is 18.4 Å². The van der Waals surface area contributed by atoms with E-state index in [-0.39, 0.29) is 12.1 Å². The third kappa shape index (κ3) is 5.66. The standard InChI is InChI=1S/C14H28N2O/c1-12(9-15-14(2,3)4)10-16-8-6-5-7-13(16)11-17/h13,15,17H,1,5-11H2,2-4H3. The van der Waals surface area contributed by atoms with Crippen molar-refractivity contribution >= 4 is 0 Å². The van der Waals surface area contributed by atoms with Crippen molar-refractivity contribution < 1.29 is 5.11 Å². The Morgan fingerprint density at radius 2 is 2.12 bits per heavy atom. The Bertz CT molecular complexity index is 245. The Morgan fingerprint density at radius 1 is 1.41 bits per heavy atom. The van der Waals surface area contributed by atoms with E-state index in [9.17, 15) is 5.11 Å². The first kappa shape index (κ1) is 14.7. The third-order valence-electron chi connectivity index (χ3n) is 3.26. The summed E-state index contributed by atoms with van der Waals surface area (Å²) in [6.07, 6.45) is 3.61. The summed E-state index contributed by atoms with van der Waals surface area (Å²) >= 11 is 0. The Labute approximate surface area is 106 Å². The molecule has 0 radical (unpaired) electrons. The van der Waals surface area contributed by atoms with E-state index >= 15 is 0 Å². The van der Waals surface area contributed by atoms with Crippen LogP contribution >= 0.6 is 0 Å². The molecule has 2 N–H and O–H groups in total. The van der Waals surface area contributed by atoms with E-state index in [0.29, 0.717) is 6.04 Å². The SMILES string of the molecule is C=C(CNC(C)(C)C)CN1CCCCC1CO. The molecule has 0 saturated carbocycles. The lowest BCUT2D eigenvalue weighted by Gasteiger charge is -2.35. The maximum absolute atomic E-state index is 9.35. The Kier molecular flexibility index (Phi) is 5.63. The minimum Gasteiger partial charge on any atom is -0.395 e. The van der Waals surface area contributed by atoms with Gasteiger partial charge in [-0.3, -0.25) is 4.90 Å². The second-order valence-corrected chi connectivity index (χ2v) is 6.16. The molecule has 0 aromatic carbocycles. The van der Waals surface area contributed by atoms with E-state index in [2.05, 4.69) is 37.6 Å². The van der Waals surface area contributed by atoms with E-state index < -0.39 is 0 Å². The molecule has 0 amide bonds. The average molecular weight is 240 g/mol. The normalized spacial score (nSPS) is 22.7. The first-order valence-electron chi connectivity index (χ1n) is 6.69. The molecule has 0 bridgehead atoms. The molecule has 3 nitrogen and oxygen atoms in total. The molecule has 17 heavy (non-hydrogen) atoms. The van der Waals surface area contributed by atoms with Gasteiger partial charge in [-0.1, -0.05) is 13.0 Å². The minimum absolute atomic E-state index is 0.140. The van der Waals surface area contributed by atoms with E-state index in [4.69, 9.17) is 0 Å². The van der Waals surface area contributed by atoms with Crippen LogP contribution in [0, 0.1) is 0 Å². The predicted molar refractivity (Wildman–Crippen MR) is 73.2 cm³/mol. The van der Waals surface area contributed by atoms with Gasteiger partial charge in [-0.25, -0.2) is 0 Å². The van der Waals surface area contributed by atoms with Gasteiger partial charge in [-0.15, -0.1) is 0 Å². The summed E-state index contributed by atoms with van der Waals surface area (Å²) in [5.74, 6) is 0. The summed E-state index contributed by atoms with van der Waals surface area (Å²) in [5, 5.41) is 12.8. The van der Waals surface area contributed by atoms with Gasteiger partial charge in [0, 0.05) is 24.7 Å². The van der Waals surface area contributed by atoms with E-state index in [1.54, 1.807) is 0 Å². The van der Waals surface area contributed by atoms with Crippen LogP contribution in [0.25, 0.3) is 0 Å². The number of rotatable bonds is 5. The summed E-state index contributed by atoms with van der Waals surface area (Å²) in [5.41, 5.74) is 1.35. The van der Waals surface area contributed by atoms with Crippen molar-refractivity contribution in [1.82, 2.24) is 10.2 Å². The van der Waals surface area contributed by atoms with Crippen molar-refractivity contribution in [2.75, 3.05) is 26.2 Å². The van der Waals surface area contributed by atoms with Crippen molar-refractivity contribution in [2.45, 2.75) is 51.6 Å². The molecule has 0 aromatic heterocycles. The second-order valence-electron chi connectivity index (χ2n) is 6.16. The molecule has 1 saturated heterocycles. The van der Waals surface area contributed by atoms with Crippen molar-refractivity contribution in [3.05, 3.63) is 12.2 Å². The van der Waals surface area contributed by atoms with Crippen LogP contribution in [0.4, 0.5) is 0 Å². The van der Waals surface area contributed by atoms with Gasteiger partial charge in [0.25, 0.3) is 0 Å².